The molecule has 1 fully saturated rings. The molecule has 164 valence electrons. The summed E-state index contributed by atoms with van der Waals surface area (Å²) in [5.41, 5.74) is 1.06. The van der Waals surface area contributed by atoms with Crippen molar-refractivity contribution in [1.29, 1.82) is 0 Å². The van der Waals surface area contributed by atoms with Gasteiger partial charge in [-0.2, -0.15) is 0 Å². The van der Waals surface area contributed by atoms with Crippen LogP contribution in [0.25, 0.3) is 0 Å². The summed E-state index contributed by atoms with van der Waals surface area (Å²) >= 11 is 0. The minimum Gasteiger partial charge on any atom is -0.338 e. The van der Waals surface area contributed by atoms with Gasteiger partial charge in [-0.25, -0.2) is 4.39 Å². The Morgan fingerprint density at radius 2 is 1.78 bits per heavy atom. The first kappa shape index (κ1) is 20.4. The van der Waals surface area contributed by atoms with Gasteiger partial charge in [0.1, 0.15) is 11.6 Å². The van der Waals surface area contributed by atoms with Crippen molar-refractivity contribution in [3.8, 4) is 0 Å². The van der Waals surface area contributed by atoms with Gasteiger partial charge in [0.25, 0.3) is 11.8 Å². The molecule has 0 aliphatic carbocycles. The number of aromatic nitrogens is 3. The number of hydrogen-bond acceptors (Lipinski definition) is 4. The second kappa shape index (κ2) is 8.18. The van der Waals surface area contributed by atoms with Crippen molar-refractivity contribution in [3.63, 3.8) is 0 Å². The van der Waals surface area contributed by atoms with E-state index in [0.29, 0.717) is 43.1 Å². The predicted octanol–water partition coefficient (Wildman–Crippen LogP) is 3.54. The molecule has 5 rings (SSSR count). The third-order valence-electron chi connectivity index (χ3n) is 6.60. The Kier molecular flexibility index (Phi) is 5.20. The van der Waals surface area contributed by atoms with Crippen molar-refractivity contribution in [2.45, 2.75) is 32.2 Å². The number of rotatable bonds is 3. The van der Waals surface area contributed by atoms with Crippen LogP contribution in [0.2, 0.25) is 0 Å². The van der Waals surface area contributed by atoms with Gasteiger partial charge in [-0.15, -0.1) is 10.2 Å². The maximum Gasteiger partial charge on any atom is 0.293 e. The number of fused-ring (bicyclic) bond motifs is 1. The average Bonchev–Trinajstić information content (AvgIpc) is 3.36. The molecular weight excluding hydrogens is 409 g/mol. The average molecular weight is 433 g/mol. The van der Waals surface area contributed by atoms with Crippen LogP contribution in [0.3, 0.4) is 0 Å². The normalized spacial score (nSPS) is 20.1. The zero-order valence-corrected chi connectivity index (χ0v) is 17.6. The molecule has 2 aromatic carbocycles. The molecule has 8 heteroatoms. The number of halogens is 1. The number of benzene rings is 2. The minimum absolute atomic E-state index is 0.0309. The SMILES string of the molecule is O=C(Nc1ccccc1)c1nnc2n1CC[C@]1(CC2)CCN(C(=O)c2cccc(F)c2)C1. The van der Waals surface area contributed by atoms with Crippen LogP contribution in [0.1, 0.15) is 46.1 Å². The van der Waals surface area contributed by atoms with E-state index in [1.165, 1.54) is 12.1 Å². The fourth-order valence-electron chi connectivity index (χ4n) is 4.80. The molecule has 0 bridgehead atoms. The maximum absolute atomic E-state index is 13.6. The van der Waals surface area contributed by atoms with Gasteiger partial charge < -0.3 is 14.8 Å². The lowest BCUT2D eigenvalue weighted by atomic mass is 9.80. The van der Waals surface area contributed by atoms with E-state index in [2.05, 4.69) is 15.5 Å². The van der Waals surface area contributed by atoms with Gasteiger partial charge in [-0.05, 0) is 55.0 Å². The molecule has 2 amide bonds. The number of anilines is 1. The van der Waals surface area contributed by atoms with E-state index in [-0.39, 0.29) is 17.2 Å². The summed E-state index contributed by atoms with van der Waals surface area (Å²) in [4.78, 5) is 27.5. The van der Waals surface area contributed by atoms with Crippen molar-refractivity contribution in [2.75, 3.05) is 18.4 Å². The highest BCUT2D eigenvalue weighted by Gasteiger charge is 2.41. The fraction of sp³-hybridized carbons (Fsp3) is 0.333. The second-order valence-electron chi connectivity index (χ2n) is 8.65. The summed E-state index contributed by atoms with van der Waals surface area (Å²) in [5.74, 6) is 0.299. The molecule has 2 aliphatic heterocycles. The lowest BCUT2D eigenvalue weighted by molar-refractivity contribution is 0.0766. The number of aryl methyl sites for hydroxylation is 1. The Morgan fingerprint density at radius 1 is 0.969 bits per heavy atom. The molecule has 1 aromatic heterocycles. The maximum atomic E-state index is 13.6. The van der Waals surface area contributed by atoms with E-state index < -0.39 is 5.82 Å². The Morgan fingerprint density at radius 3 is 2.59 bits per heavy atom. The van der Waals surface area contributed by atoms with Crippen LogP contribution in [0, 0.1) is 11.2 Å². The fourth-order valence-corrected chi connectivity index (χ4v) is 4.80. The minimum atomic E-state index is -0.404. The smallest absolute Gasteiger partial charge is 0.293 e. The van der Waals surface area contributed by atoms with E-state index >= 15 is 0 Å². The molecule has 32 heavy (non-hydrogen) atoms. The van der Waals surface area contributed by atoms with Crippen LogP contribution in [-0.4, -0.2) is 44.6 Å². The summed E-state index contributed by atoms with van der Waals surface area (Å²) in [7, 11) is 0. The van der Waals surface area contributed by atoms with Gasteiger partial charge in [-0.1, -0.05) is 24.3 Å². The Labute approximate surface area is 185 Å². The standard InChI is InChI=1S/C24H24FN5O2/c25-18-6-4-5-17(15-18)23(32)29-13-11-24(16-29)10-9-20-27-28-21(30(20)14-12-24)22(31)26-19-7-2-1-3-8-19/h1-8,15H,9-14,16H2,(H,26,31)/t24-/m0/s1. The number of nitrogens with one attached hydrogen (secondary N) is 1. The summed E-state index contributed by atoms with van der Waals surface area (Å²) < 4.78 is 15.5. The van der Waals surface area contributed by atoms with Crippen molar-refractivity contribution in [3.05, 3.63) is 77.6 Å². The highest BCUT2D eigenvalue weighted by Crippen LogP contribution is 2.41. The third kappa shape index (κ3) is 3.88. The zero-order valence-electron chi connectivity index (χ0n) is 17.6. The van der Waals surface area contributed by atoms with Gasteiger partial charge in [0, 0.05) is 37.3 Å². The van der Waals surface area contributed by atoms with E-state index in [9.17, 15) is 14.0 Å². The summed E-state index contributed by atoms with van der Waals surface area (Å²) in [6.45, 7) is 1.91. The topological polar surface area (TPSA) is 80.1 Å². The lowest BCUT2D eigenvalue weighted by Gasteiger charge is -2.27. The molecule has 3 aromatic rings. The highest BCUT2D eigenvalue weighted by atomic mass is 19.1. The molecule has 1 spiro atoms. The van der Waals surface area contributed by atoms with Gasteiger partial charge in [0.05, 0.1) is 0 Å². The molecule has 7 nitrogen and oxygen atoms in total. The second-order valence-corrected chi connectivity index (χ2v) is 8.65. The van der Waals surface area contributed by atoms with Crippen LogP contribution >= 0.6 is 0 Å². The van der Waals surface area contributed by atoms with Crippen molar-refractivity contribution < 1.29 is 14.0 Å². The molecule has 1 saturated heterocycles. The summed E-state index contributed by atoms with van der Waals surface area (Å²) in [6.07, 6.45) is 3.29. The van der Waals surface area contributed by atoms with E-state index in [1.807, 2.05) is 39.8 Å². The van der Waals surface area contributed by atoms with Gasteiger partial charge in [0.15, 0.2) is 0 Å². The van der Waals surface area contributed by atoms with E-state index in [4.69, 9.17) is 0 Å². The number of carbonyl (C=O) groups is 2. The molecule has 0 saturated carbocycles. The Balaban J connectivity index is 1.28. The number of carbonyl (C=O) groups excluding carboxylic acids is 2. The largest absolute Gasteiger partial charge is 0.338 e. The monoisotopic (exact) mass is 433 g/mol. The first-order chi connectivity index (χ1) is 15.5. The summed E-state index contributed by atoms with van der Waals surface area (Å²) in [5, 5.41) is 11.3. The third-order valence-corrected chi connectivity index (χ3v) is 6.60. The number of likely N-dealkylation sites (tertiary alicyclic amines) is 1. The van der Waals surface area contributed by atoms with E-state index in [1.54, 1.807) is 12.1 Å². The van der Waals surface area contributed by atoms with Crippen LogP contribution in [0.4, 0.5) is 10.1 Å². The van der Waals surface area contributed by atoms with E-state index in [0.717, 1.165) is 25.1 Å². The quantitative estimate of drug-likeness (QED) is 0.685. The van der Waals surface area contributed by atoms with Gasteiger partial charge >= 0.3 is 0 Å². The van der Waals surface area contributed by atoms with Crippen molar-refractivity contribution in [1.82, 2.24) is 19.7 Å². The molecule has 2 aliphatic rings. The number of amides is 2. The molecule has 3 heterocycles. The Bertz CT molecular complexity index is 1160. The first-order valence-electron chi connectivity index (χ1n) is 10.9. The first-order valence-corrected chi connectivity index (χ1v) is 10.9. The van der Waals surface area contributed by atoms with Crippen LogP contribution < -0.4 is 5.32 Å². The predicted molar refractivity (Wildman–Crippen MR) is 117 cm³/mol. The number of para-hydroxylation sites is 1. The van der Waals surface area contributed by atoms with Gasteiger partial charge in [-0.3, -0.25) is 9.59 Å². The molecule has 0 radical (unpaired) electrons. The highest BCUT2D eigenvalue weighted by molar-refractivity contribution is 6.01. The number of nitrogens with zero attached hydrogens (tertiary/aromatic N) is 4. The summed E-state index contributed by atoms with van der Waals surface area (Å²) in [6, 6.07) is 15.1. The Hall–Kier alpha value is -3.55. The van der Waals surface area contributed by atoms with Crippen molar-refractivity contribution >= 4 is 17.5 Å². The molecular formula is C24H24FN5O2. The van der Waals surface area contributed by atoms with Gasteiger partial charge in [0.2, 0.25) is 5.82 Å². The number of hydrogen-bond donors (Lipinski definition) is 1. The molecule has 1 N–H and O–H groups in total. The molecule has 1 atom stereocenters. The lowest BCUT2D eigenvalue weighted by Crippen LogP contribution is -2.32. The van der Waals surface area contributed by atoms with Crippen LogP contribution in [0.15, 0.2) is 54.6 Å². The van der Waals surface area contributed by atoms with Crippen LogP contribution in [0.5, 0.6) is 0 Å². The van der Waals surface area contributed by atoms with Crippen LogP contribution in [-0.2, 0) is 13.0 Å². The molecule has 0 unspecified atom stereocenters. The zero-order chi connectivity index (χ0) is 22.1. The van der Waals surface area contributed by atoms with Crippen molar-refractivity contribution in [2.24, 2.45) is 5.41 Å².